The first kappa shape index (κ1) is 6.89. The summed E-state index contributed by atoms with van der Waals surface area (Å²) < 4.78 is 2.02. The summed E-state index contributed by atoms with van der Waals surface area (Å²) in [7, 11) is 2.03. The van der Waals surface area contributed by atoms with Gasteiger partial charge >= 0.3 is 0 Å². The average Bonchev–Trinajstić information content (AvgIpc) is 2.38. The van der Waals surface area contributed by atoms with Crippen molar-refractivity contribution in [3.63, 3.8) is 0 Å². The molecule has 0 aromatic carbocycles. The van der Waals surface area contributed by atoms with Crippen molar-refractivity contribution in [2.45, 2.75) is 32.6 Å². The van der Waals surface area contributed by atoms with Gasteiger partial charge in [-0.1, -0.05) is 20.8 Å². The van der Waals surface area contributed by atoms with Gasteiger partial charge in [0.2, 0.25) is 0 Å². The van der Waals surface area contributed by atoms with E-state index >= 15 is 0 Å². The third-order valence-corrected chi connectivity index (χ3v) is 2.16. The Hall–Kier alpha value is -0.790. The van der Waals surface area contributed by atoms with Crippen LogP contribution in [0.25, 0.3) is 0 Å². The molecule has 2 rings (SSSR count). The summed E-state index contributed by atoms with van der Waals surface area (Å²) in [5.41, 5.74) is 4.45. The maximum Gasteiger partial charge on any atom is 0.0708 e. The molecule has 0 atom stereocenters. The summed E-state index contributed by atoms with van der Waals surface area (Å²) >= 11 is 0. The molecule has 0 saturated carbocycles. The van der Waals surface area contributed by atoms with Gasteiger partial charge in [-0.2, -0.15) is 5.10 Å². The fourth-order valence-electron chi connectivity index (χ4n) is 1.80. The predicted molar refractivity (Wildman–Crippen MR) is 44.7 cm³/mol. The van der Waals surface area contributed by atoms with Crippen LogP contribution < -0.4 is 0 Å². The molecule has 0 aliphatic heterocycles. The summed E-state index contributed by atoms with van der Waals surface area (Å²) in [6, 6.07) is 0. The molecule has 0 N–H and O–H groups in total. The van der Waals surface area contributed by atoms with Gasteiger partial charge in [0.1, 0.15) is 0 Å². The van der Waals surface area contributed by atoms with E-state index in [1.807, 2.05) is 11.7 Å². The fourth-order valence-corrected chi connectivity index (χ4v) is 1.80. The van der Waals surface area contributed by atoms with E-state index in [0.717, 1.165) is 6.42 Å². The van der Waals surface area contributed by atoms with Gasteiger partial charge in [-0.15, -0.1) is 0 Å². The van der Waals surface area contributed by atoms with Gasteiger partial charge in [-0.3, -0.25) is 4.68 Å². The van der Waals surface area contributed by atoms with Crippen LogP contribution in [0.15, 0.2) is 0 Å². The van der Waals surface area contributed by atoms with Crippen molar-refractivity contribution >= 4 is 0 Å². The van der Waals surface area contributed by atoms with Crippen LogP contribution in [0.1, 0.15) is 37.7 Å². The summed E-state index contributed by atoms with van der Waals surface area (Å²) in [5, 5.41) is 4.39. The minimum Gasteiger partial charge on any atom is -0.272 e. The third-order valence-electron chi connectivity index (χ3n) is 2.16. The van der Waals surface area contributed by atoms with Crippen molar-refractivity contribution in [3.05, 3.63) is 17.0 Å². The Morgan fingerprint density at radius 1 is 1.36 bits per heavy atom. The zero-order valence-corrected chi connectivity index (χ0v) is 7.60. The zero-order chi connectivity index (χ0) is 8.22. The lowest BCUT2D eigenvalue weighted by atomic mass is 9.91. The molecular formula is C9H14N2. The average molecular weight is 150 g/mol. The number of nitrogens with zero attached hydrogens (tertiary/aromatic N) is 2. The van der Waals surface area contributed by atoms with Gasteiger partial charge in [-0.05, 0) is 0 Å². The van der Waals surface area contributed by atoms with E-state index < -0.39 is 0 Å². The lowest BCUT2D eigenvalue weighted by Crippen LogP contribution is -2.18. The van der Waals surface area contributed by atoms with Gasteiger partial charge < -0.3 is 0 Å². The number of hydrogen-bond donors (Lipinski definition) is 0. The molecular weight excluding hydrogens is 136 g/mol. The van der Waals surface area contributed by atoms with E-state index in [9.17, 15) is 0 Å². The Morgan fingerprint density at radius 3 is 2.27 bits per heavy atom. The molecule has 0 bridgehead atoms. The van der Waals surface area contributed by atoms with Crippen LogP contribution in [0.3, 0.4) is 0 Å². The van der Waals surface area contributed by atoms with Crippen LogP contribution in [0, 0.1) is 0 Å². The van der Waals surface area contributed by atoms with Crippen molar-refractivity contribution in [3.8, 4) is 0 Å². The molecule has 0 amide bonds. The number of fused-ring (bicyclic) bond motifs is 1. The van der Waals surface area contributed by atoms with E-state index in [1.54, 1.807) is 0 Å². The Labute approximate surface area is 67.2 Å². The van der Waals surface area contributed by atoms with Gasteiger partial charge in [-0.25, -0.2) is 0 Å². The molecule has 60 valence electrons. The van der Waals surface area contributed by atoms with Crippen molar-refractivity contribution in [2.24, 2.45) is 7.05 Å². The highest BCUT2D eigenvalue weighted by Crippen LogP contribution is 2.37. The molecule has 0 saturated heterocycles. The highest BCUT2D eigenvalue weighted by Gasteiger charge is 2.33. The van der Waals surface area contributed by atoms with E-state index in [-0.39, 0.29) is 5.41 Å². The maximum atomic E-state index is 4.39. The predicted octanol–water partition coefficient (Wildman–Crippen LogP) is 1.62. The summed E-state index contributed by atoms with van der Waals surface area (Å²) in [6.07, 6.45) is 1.14. The highest BCUT2D eigenvalue weighted by molar-refractivity contribution is 5.46. The Morgan fingerprint density at radius 2 is 2.00 bits per heavy atom. The van der Waals surface area contributed by atoms with Gasteiger partial charge in [0.15, 0.2) is 0 Å². The molecule has 1 aromatic heterocycles. The van der Waals surface area contributed by atoms with Gasteiger partial charge in [0.25, 0.3) is 0 Å². The highest BCUT2D eigenvalue weighted by atomic mass is 15.3. The first-order valence-corrected chi connectivity index (χ1v) is 4.05. The topological polar surface area (TPSA) is 17.8 Å². The SMILES string of the molecule is Cn1nc2c(c1C(C)(C)C)C2. The van der Waals surface area contributed by atoms with Crippen molar-refractivity contribution < 1.29 is 0 Å². The van der Waals surface area contributed by atoms with Gasteiger partial charge in [0, 0.05) is 30.1 Å². The zero-order valence-electron chi connectivity index (χ0n) is 7.60. The summed E-state index contributed by atoms with van der Waals surface area (Å²) in [6.45, 7) is 6.72. The van der Waals surface area contributed by atoms with E-state index in [2.05, 4.69) is 25.9 Å². The Bertz CT molecular complexity index is 298. The number of rotatable bonds is 0. The standard InChI is InChI=1S/C9H14N2/c1-9(2,3)8-6-5-7(6)10-11(8)4/h5H2,1-4H3. The minimum atomic E-state index is 0.256. The Kier molecular flexibility index (Phi) is 1.05. The van der Waals surface area contributed by atoms with Crippen LogP contribution in [-0.2, 0) is 18.9 Å². The number of aromatic nitrogens is 2. The summed E-state index contributed by atoms with van der Waals surface area (Å²) in [4.78, 5) is 0. The lowest BCUT2D eigenvalue weighted by molar-refractivity contribution is 0.515. The molecule has 0 radical (unpaired) electrons. The molecule has 1 aliphatic rings. The second kappa shape index (κ2) is 1.68. The minimum absolute atomic E-state index is 0.256. The molecule has 2 heteroatoms. The van der Waals surface area contributed by atoms with Crippen LogP contribution in [0.2, 0.25) is 0 Å². The van der Waals surface area contributed by atoms with E-state index in [4.69, 9.17) is 0 Å². The van der Waals surface area contributed by atoms with Crippen molar-refractivity contribution in [2.75, 3.05) is 0 Å². The first-order valence-electron chi connectivity index (χ1n) is 4.05. The second-order valence-electron chi connectivity index (χ2n) is 4.32. The molecule has 0 spiro atoms. The smallest absolute Gasteiger partial charge is 0.0708 e. The molecule has 1 aliphatic carbocycles. The van der Waals surface area contributed by atoms with Crippen LogP contribution >= 0.6 is 0 Å². The van der Waals surface area contributed by atoms with Crippen LogP contribution in [-0.4, -0.2) is 9.78 Å². The third kappa shape index (κ3) is 0.889. The van der Waals surface area contributed by atoms with Crippen molar-refractivity contribution in [1.82, 2.24) is 9.78 Å². The second-order valence-corrected chi connectivity index (χ2v) is 4.32. The molecule has 2 nitrogen and oxygen atoms in total. The number of aryl methyl sites for hydroxylation is 1. The van der Waals surface area contributed by atoms with E-state index in [0.29, 0.717) is 0 Å². The van der Waals surface area contributed by atoms with Crippen molar-refractivity contribution in [1.29, 1.82) is 0 Å². The molecule has 1 aromatic rings. The molecule has 1 heterocycles. The number of hydrogen-bond acceptors (Lipinski definition) is 1. The summed E-state index contributed by atoms with van der Waals surface area (Å²) in [5.74, 6) is 0. The quantitative estimate of drug-likeness (QED) is 0.558. The normalized spacial score (nSPS) is 14.9. The van der Waals surface area contributed by atoms with Crippen LogP contribution in [0.5, 0.6) is 0 Å². The largest absolute Gasteiger partial charge is 0.272 e. The molecule has 11 heavy (non-hydrogen) atoms. The van der Waals surface area contributed by atoms with Gasteiger partial charge in [0.05, 0.1) is 5.69 Å². The fraction of sp³-hybridized carbons (Fsp3) is 0.667. The maximum absolute atomic E-state index is 4.39. The molecule has 0 fully saturated rings. The first-order chi connectivity index (χ1) is 5.00. The molecule has 0 unspecified atom stereocenters. The lowest BCUT2D eigenvalue weighted by Gasteiger charge is -2.19. The monoisotopic (exact) mass is 150 g/mol. The Balaban J connectivity index is 2.54. The van der Waals surface area contributed by atoms with Crippen LogP contribution in [0.4, 0.5) is 0 Å². The van der Waals surface area contributed by atoms with E-state index in [1.165, 1.54) is 17.0 Å².